The fraction of sp³-hybridized carbons (Fsp3) is 0.192. The minimum Gasteiger partial charge on any atom is -0.497 e. The molecule has 0 fully saturated rings. The van der Waals surface area contributed by atoms with Gasteiger partial charge in [-0.25, -0.2) is 9.78 Å². The number of nitrogens with zero attached hydrogens (tertiary/aromatic N) is 4. The molecule has 3 heterocycles. The van der Waals surface area contributed by atoms with Crippen LogP contribution in [0.3, 0.4) is 0 Å². The first-order valence-electron chi connectivity index (χ1n) is 11.0. The lowest BCUT2D eigenvalue weighted by Gasteiger charge is -2.13. The van der Waals surface area contributed by atoms with E-state index in [0.717, 1.165) is 16.9 Å². The van der Waals surface area contributed by atoms with Crippen molar-refractivity contribution in [3.63, 3.8) is 0 Å². The molecule has 0 spiro atoms. The molecule has 0 saturated carbocycles. The van der Waals surface area contributed by atoms with Crippen LogP contribution in [0.25, 0.3) is 16.8 Å². The van der Waals surface area contributed by atoms with Crippen molar-refractivity contribution in [2.45, 2.75) is 13.1 Å². The molecule has 9 nitrogen and oxygen atoms in total. The van der Waals surface area contributed by atoms with Gasteiger partial charge in [0.15, 0.2) is 22.6 Å². The van der Waals surface area contributed by atoms with Gasteiger partial charge in [0.1, 0.15) is 11.5 Å². The maximum absolute atomic E-state index is 13.8. The minimum atomic E-state index is -0.461. The Balaban J connectivity index is 1.74. The molecule has 0 atom stereocenters. The molecular weight excluding hydrogens is 448 g/mol. The van der Waals surface area contributed by atoms with Crippen molar-refractivity contribution < 1.29 is 14.2 Å². The Bertz CT molecular complexity index is 1630. The van der Waals surface area contributed by atoms with Gasteiger partial charge in [0, 0.05) is 6.20 Å². The van der Waals surface area contributed by atoms with Crippen LogP contribution in [0.2, 0.25) is 0 Å². The van der Waals surface area contributed by atoms with Gasteiger partial charge in [0.05, 0.1) is 34.4 Å². The van der Waals surface area contributed by atoms with Crippen LogP contribution >= 0.6 is 0 Å². The molecule has 5 rings (SSSR count). The lowest BCUT2D eigenvalue weighted by molar-refractivity contribution is 0.414. The summed E-state index contributed by atoms with van der Waals surface area (Å²) in [5, 5.41) is 0. The van der Waals surface area contributed by atoms with E-state index in [1.165, 1.54) is 4.57 Å². The van der Waals surface area contributed by atoms with Crippen LogP contribution < -0.4 is 25.5 Å². The zero-order valence-corrected chi connectivity index (χ0v) is 19.6. The molecule has 0 aliphatic carbocycles. The van der Waals surface area contributed by atoms with Gasteiger partial charge in [-0.15, -0.1) is 0 Å². The summed E-state index contributed by atoms with van der Waals surface area (Å²) >= 11 is 0. The molecule has 2 aromatic carbocycles. The van der Waals surface area contributed by atoms with E-state index in [-0.39, 0.29) is 18.6 Å². The highest BCUT2D eigenvalue weighted by Gasteiger charge is 2.20. The third kappa shape index (κ3) is 3.90. The van der Waals surface area contributed by atoms with Crippen molar-refractivity contribution >= 4 is 16.8 Å². The number of benzene rings is 2. The summed E-state index contributed by atoms with van der Waals surface area (Å²) in [5.41, 5.74) is 1.85. The quantitative estimate of drug-likeness (QED) is 0.362. The van der Waals surface area contributed by atoms with Crippen LogP contribution in [0, 0.1) is 0 Å². The lowest BCUT2D eigenvalue weighted by atomic mass is 10.2. The first kappa shape index (κ1) is 22.3. The van der Waals surface area contributed by atoms with Gasteiger partial charge < -0.3 is 14.2 Å². The summed E-state index contributed by atoms with van der Waals surface area (Å²) in [5.74, 6) is 1.92. The summed E-state index contributed by atoms with van der Waals surface area (Å²) in [6.45, 7) is 0.346. The van der Waals surface area contributed by atoms with Gasteiger partial charge in [0.2, 0.25) is 0 Å². The Morgan fingerprint density at radius 2 is 1.31 bits per heavy atom. The number of aromatic nitrogens is 4. The Kier molecular flexibility index (Phi) is 5.74. The summed E-state index contributed by atoms with van der Waals surface area (Å²) in [6, 6.07) is 18.3. The van der Waals surface area contributed by atoms with E-state index in [2.05, 4.69) is 4.98 Å². The van der Waals surface area contributed by atoms with E-state index in [1.807, 2.05) is 36.4 Å². The van der Waals surface area contributed by atoms with Crippen LogP contribution in [0.5, 0.6) is 17.2 Å². The SMILES string of the molecule is COc1ccc(Cn2c(=O)c3nc4c(OC)cccn4c3n(Cc3ccc(OC)cc3)c2=O)cc1. The average Bonchev–Trinajstić information content (AvgIpc) is 3.29. The predicted molar refractivity (Wildman–Crippen MR) is 132 cm³/mol. The molecule has 0 bridgehead atoms. The number of fused-ring (bicyclic) bond motifs is 3. The first-order chi connectivity index (χ1) is 17.0. The average molecular weight is 473 g/mol. The second-order valence-electron chi connectivity index (χ2n) is 8.01. The van der Waals surface area contributed by atoms with E-state index >= 15 is 0 Å². The second-order valence-corrected chi connectivity index (χ2v) is 8.01. The highest BCUT2D eigenvalue weighted by molar-refractivity contribution is 5.78. The molecular formula is C26H24N4O5. The van der Waals surface area contributed by atoms with E-state index in [9.17, 15) is 9.59 Å². The van der Waals surface area contributed by atoms with Gasteiger partial charge in [-0.05, 0) is 47.5 Å². The maximum atomic E-state index is 13.8. The predicted octanol–water partition coefficient (Wildman–Crippen LogP) is 2.93. The van der Waals surface area contributed by atoms with Crippen molar-refractivity contribution in [1.82, 2.24) is 18.5 Å². The maximum Gasteiger partial charge on any atom is 0.333 e. The lowest BCUT2D eigenvalue weighted by Crippen LogP contribution is -2.40. The van der Waals surface area contributed by atoms with Crippen molar-refractivity contribution in [3.8, 4) is 17.2 Å². The Morgan fingerprint density at radius 3 is 1.86 bits per heavy atom. The molecule has 5 aromatic rings. The van der Waals surface area contributed by atoms with Crippen LogP contribution in [-0.2, 0) is 13.1 Å². The molecule has 0 radical (unpaired) electrons. The van der Waals surface area contributed by atoms with Gasteiger partial charge >= 0.3 is 5.69 Å². The molecule has 35 heavy (non-hydrogen) atoms. The number of hydrogen-bond acceptors (Lipinski definition) is 6. The van der Waals surface area contributed by atoms with Gasteiger partial charge in [-0.2, -0.15) is 0 Å². The fourth-order valence-electron chi connectivity index (χ4n) is 4.15. The molecule has 0 aliphatic rings. The normalized spacial score (nSPS) is 11.2. The monoisotopic (exact) mass is 472 g/mol. The summed E-state index contributed by atoms with van der Waals surface area (Å²) in [6.07, 6.45) is 1.77. The molecule has 0 aliphatic heterocycles. The standard InChI is InChI=1S/C26H24N4O5/c1-33-19-10-6-17(7-11-19)15-29-24-22(27-23-21(35-3)5-4-14-28(23)24)25(31)30(26(29)32)16-18-8-12-20(34-2)13-9-18/h4-14H,15-16H2,1-3H3. The Morgan fingerprint density at radius 1 is 0.743 bits per heavy atom. The molecule has 9 heteroatoms. The molecule has 0 N–H and O–H groups in total. The largest absolute Gasteiger partial charge is 0.497 e. The fourth-order valence-corrected chi connectivity index (χ4v) is 4.15. The molecule has 0 amide bonds. The summed E-state index contributed by atoms with van der Waals surface area (Å²) < 4.78 is 20.4. The Hall–Kier alpha value is -4.53. The highest BCUT2D eigenvalue weighted by Crippen LogP contribution is 2.23. The number of ether oxygens (including phenoxy) is 3. The Labute approximate surface area is 200 Å². The van der Waals surface area contributed by atoms with Crippen molar-refractivity contribution in [2.24, 2.45) is 0 Å². The zero-order chi connectivity index (χ0) is 24.5. The highest BCUT2D eigenvalue weighted by atomic mass is 16.5. The van der Waals surface area contributed by atoms with Crippen molar-refractivity contribution in [3.05, 3.63) is 98.8 Å². The van der Waals surface area contributed by atoms with Gasteiger partial charge in [-0.1, -0.05) is 24.3 Å². The third-order valence-corrected chi connectivity index (χ3v) is 5.97. The number of imidazole rings is 1. The number of pyridine rings is 1. The topological polar surface area (TPSA) is 89.0 Å². The molecule has 0 unspecified atom stereocenters. The van der Waals surface area contributed by atoms with Crippen LogP contribution in [-0.4, -0.2) is 39.8 Å². The van der Waals surface area contributed by atoms with Gasteiger partial charge in [0.25, 0.3) is 5.56 Å². The van der Waals surface area contributed by atoms with Crippen LogP contribution in [0.4, 0.5) is 0 Å². The number of methoxy groups -OCH3 is 3. The first-order valence-corrected chi connectivity index (χ1v) is 11.0. The van der Waals surface area contributed by atoms with E-state index < -0.39 is 11.2 Å². The van der Waals surface area contributed by atoms with Crippen LogP contribution in [0.15, 0.2) is 76.4 Å². The number of rotatable bonds is 7. The van der Waals surface area contributed by atoms with E-state index in [4.69, 9.17) is 14.2 Å². The molecule has 3 aromatic heterocycles. The smallest absolute Gasteiger partial charge is 0.333 e. The van der Waals surface area contributed by atoms with Gasteiger partial charge in [-0.3, -0.25) is 18.3 Å². The van der Waals surface area contributed by atoms with Crippen molar-refractivity contribution in [2.75, 3.05) is 21.3 Å². The zero-order valence-electron chi connectivity index (χ0n) is 19.6. The third-order valence-electron chi connectivity index (χ3n) is 5.97. The van der Waals surface area contributed by atoms with E-state index in [1.54, 1.807) is 60.8 Å². The minimum absolute atomic E-state index is 0.102. The second kappa shape index (κ2) is 9.02. The molecule has 0 saturated heterocycles. The summed E-state index contributed by atoms with van der Waals surface area (Å²) in [4.78, 5) is 31.9. The van der Waals surface area contributed by atoms with Crippen molar-refractivity contribution in [1.29, 1.82) is 0 Å². The molecule has 178 valence electrons. The summed E-state index contributed by atoms with van der Waals surface area (Å²) in [7, 11) is 4.73. The van der Waals surface area contributed by atoms with Crippen LogP contribution in [0.1, 0.15) is 11.1 Å². The van der Waals surface area contributed by atoms with E-state index in [0.29, 0.717) is 22.8 Å². The number of hydrogen-bond donors (Lipinski definition) is 0.